The van der Waals surface area contributed by atoms with E-state index in [1.807, 2.05) is 0 Å². The van der Waals surface area contributed by atoms with Gasteiger partial charge in [-0.05, 0) is 160 Å². The van der Waals surface area contributed by atoms with Crippen LogP contribution >= 0.6 is 23.5 Å². The number of aliphatic hydroxyl groups is 2. The van der Waals surface area contributed by atoms with Crippen molar-refractivity contribution in [2.75, 3.05) is 24.7 Å². The van der Waals surface area contributed by atoms with Crippen LogP contribution in [-0.2, 0) is 5.41 Å². The minimum absolute atomic E-state index is 0.0677. The van der Waals surface area contributed by atoms with Crippen molar-refractivity contribution in [2.45, 2.75) is 22.1 Å². The number of fused-ring (bicyclic) bond motifs is 4. The Kier molecular flexibility index (Phi) is 12.2. The van der Waals surface area contributed by atoms with Crippen molar-refractivity contribution in [3.05, 3.63) is 241 Å². The van der Waals surface area contributed by atoms with Crippen molar-refractivity contribution in [3.8, 4) is 44.5 Å². The molecule has 330 valence electrons. The maximum atomic E-state index is 10.4. The first-order chi connectivity index (χ1) is 33.5. The summed E-state index contributed by atoms with van der Waals surface area (Å²) in [6.07, 6.45) is 0. The molecule has 0 spiro atoms. The molecule has 4 heteroatoms. The summed E-state index contributed by atoms with van der Waals surface area (Å²) < 4.78 is 0. The quantitative estimate of drug-likeness (QED) is 0.0893. The van der Waals surface area contributed by atoms with Crippen molar-refractivity contribution in [1.29, 1.82) is 0 Å². The van der Waals surface area contributed by atoms with Gasteiger partial charge < -0.3 is 10.2 Å². The largest absolute Gasteiger partial charge is 0.396 e. The molecule has 11 aromatic rings. The highest BCUT2D eigenvalue weighted by Crippen LogP contribution is 2.51. The molecule has 11 rings (SSSR count). The van der Waals surface area contributed by atoms with Gasteiger partial charge in [-0.15, -0.1) is 23.5 Å². The molecule has 0 aliphatic rings. The van der Waals surface area contributed by atoms with Crippen LogP contribution < -0.4 is 0 Å². The van der Waals surface area contributed by atoms with Gasteiger partial charge in [0.15, 0.2) is 0 Å². The van der Waals surface area contributed by atoms with E-state index in [1.165, 1.54) is 48.7 Å². The first kappa shape index (κ1) is 43.6. The van der Waals surface area contributed by atoms with E-state index in [-0.39, 0.29) is 13.2 Å². The third-order valence-electron chi connectivity index (χ3n) is 13.6. The van der Waals surface area contributed by atoms with Crippen LogP contribution in [0.1, 0.15) is 23.6 Å². The summed E-state index contributed by atoms with van der Waals surface area (Å²) in [6, 6.07) is 82.3. The van der Waals surface area contributed by atoms with Crippen LogP contribution in [0.5, 0.6) is 0 Å². The molecule has 0 unspecified atom stereocenters. The minimum Gasteiger partial charge on any atom is -0.396 e. The minimum atomic E-state index is -0.685. The second-order valence-corrected chi connectivity index (χ2v) is 19.9. The molecule has 0 aliphatic carbocycles. The molecular weight excluding hydrogens is 865 g/mol. The predicted octanol–water partition coefficient (Wildman–Crippen LogP) is 16.5. The Hall–Kier alpha value is -6.92. The van der Waals surface area contributed by atoms with Gasteiger partial charge in [-0.3, -0.25) is 0 Å². The number of thioether (sulfide) groups is 2. The van der Waals surface area contributed by atoms with Gasteiger partial charge in [0.25, 0.3) is 0 Å². The highest BCUT2D eigenvalue weighted by Gasteiger charge is 2.35. The molecule has 0 heterocycles. The van der Waals surface area contributed by atoms with Gasteiger partial charge in [-0.1, -0.05) is 176 Å². The molecule has 68 heavy (non-hydrogen) atoms. The fourth-order valence-electron chi connectivity index (χ4n) is 10.00. The van der Waals surface area contributed by atoms with E-state index >= 15 is 0 Å². The van der Waals surface area contributed by atoms with Crippen molar-refractivity contribution >= 4 is 66.6 Å². The molecule has 2 N–H and O–H groups in total. The van der Waals surface area contributed by atoms with Gasteiger partial charge in [0, 0.05) is 26.7 Å². The van der Waals surface area contributed by atoms with E-state index in [0.717, 1.165) is 65.4 Å². The first-order valence-electron chi connectivity index (χ1n) is 23.3. The molecule has 0 radical (unpaired) electrons. The summed E-state index contributed by atoms with van der Waals surface area (Å²) in [5.41, 5.74) is 11.9. The summed E-state index contributed by atoms with van der Waals surface area (Å²) in [6.45, 7) is 2.53. The highest BCUT2D eigenvalue weighted by atomic mass is 32.2. The summed E-state index contributed by atoms with van der Waals surface area (Å²) in [5, 5.41) is 30.3. The van der Waals surface area contributed by atoms with Crippen LogP contribution in [0.3, 0.4) is 0 Å². The topological polar surface area (TPSA) is 40.5 Å². The van der Waals surface area contributed by atoms with Crippen LogP contribution in [-0.4, -0.2) is 34.9 Å². The molecule has 0 saturated heterocycles. The van der Waals surface area contributed by atoms with Gasteiger partial charge in [0.05, 0.1) is 13.2 Å². The second kappa shape index (κ2) is 19.0. The third kappa shape index (κ3) is 8.29. The molecule has 11 aromatic carbocycles. The zero-order valence-corrected chi connectivity index (χ0v) is 39.5. The Labute approximate surface area is 407 Å². The standard InChI is InChI=1S/C64H50O2S2/c1-64(55-21-3-2-4-22-55,56-39-58(51-27-23-43-13-5-9-17-47(43)35-51)62(67-33-31-65)59(40-56)52-28-24-44-14-6-10-18-48(44)36-52)57-41-60(53-29-25-45-15-7-11-19-49(45)37-53)63(68-34-32-66)61(42-57)54-30-26-46-16-8-12-20-50(46)38-54/h2-30,35-42,65-66H,31-34H2,1H3. The average Bonchev–Trinajstić information content (AvgIpc) is 3.40. The second-order valence-electron chi connectivity index (χ2n) is 17.7. The molecule has 0 bridgehead atoms. The monoisotopic (exact) mass is 914 g/mol. The number of hydrogen-bond acceptors (Lipinski definition) is 4. The summed E-state index contributed by atoms with van der Waals surface area (Å²) in [7, 11) is 0. The van der Waals surface area contributed by atoms with E-state index in [0.29, 0.717) is 11.5 Å². The molecule has 0 aliphatic heterocycles. The zero-order chi connectivity index (χ0) is 46.0. The lowest BCUT2D eigenvalue weighted by molar-refractivity contribution is 0.322. The maximum absolute atomic E-state index is 10.4. The smallest absolute Gasteiger partial charge is 0.0525 e. The van der Waals surface area contributed by atoms with E-state index in [4.69, 9.17) is 0 Å². The summed E-state index contributed by atoms with van der Waals surface area (Å²) in [4.78, 5) is 2.29. The molecule has 0 amide bonds. The molecular formula is C64H50O2S2. The van der Waals surface area contributed by atoms with E-state index in [9.17, 15) is 10.2 Å². The lowest BCUT2D eigenvalue weighted by atomic mass is 9.69. The van der Waals surface area contributed by atoms with Crippen molar-refractivity contribution in [1.82, 2.24) is 0 Å². The van der Waals surface area contributed by atoms with E-state index < -0.39 is 5.41 Å². The van der Waals surface area contributed by atoms with Gasteiger partial charge in [-0.25, -0.2) is 0 Å². The van der Waals surface area contributed by atoms with Crippen molar-refractivity contribution in [2.24, 2.45) is 0 Å². The average molecular weight is 915 g/mol. The van der Waals surface area contributed by atoms with E-state index in [2.05, 4.69) is 231 Å². The van der Waals surface area contributed by atoms with Crippen LogP contribution in [0.25, 0.3) is 87.6 Å². The maximum Gasteiger partial charge on any atom is 0.0525 e. The van der Waals surface area contributed by atoms with Gasteiger partial charge in [0.2, 0.25) is 0 Å². The molecule has 0 fully saturated rings. The number of aliphatic hydroxyl groups excluding tert-OH is 2. The third-order valence-corrected chi connectivity index (χ3v) is 15.8. The van der Waals surface area contributed by atoms with Crippen molar-refractivity contribution < 1.29 is 10.2 Å². The highest BCUT2D eigenvalue weighted by molar-refractivity contribution is 7.99. The van der Waals surface area contributed by atoms with Gasteiger partial charge >= 0.3 is 0 Å². The van der Waals surface area contributed by atoms with Gasteiger partial charge in [-0.2, -0.15) is 0 Å². The zero-order valence-electron chi connectivity index (χ0n) is 37.9. The number of benzene rings is 11. The summed E-state index contributed by atoms with van der Waals surface area (Å²) in [5.74, 6) is 1.13. The Morgan fingerprint density at radius 2 is 0.588 bits per heavy atom. The predicted molar refractivity (Wildman–Crippen MR) is 292 cm³/mol. The number of rotatable bonds is 13. The lowest BCUT2D eigenvalue weighted by Gasteiger charge is -2.35. The fraction of sp³-hybridized carbons (Fsp3) is 0.0938. The van der Waals surface area contributed by atoms with Gasteiger partial charge in [0.1, 0.15) is 0 Å². The molecule has 0 aromatic heterocycles. The van der Waals surface area contributed by atoms with Crippen molar-refractivity contribution in [3.63, 3.8) is 0 Å². The Balaban J connectivity index is 1.25. The van der Waals surface area contributed by atoms with Crippen LogP contribution in [0, 0.1) is 0 Å². The van der Waals surface area contributed by atoms with E-state index in [1.54, 1.807) is 23.5 Å². The lowest BCUT2D eigenvalue weighted by Crippen LogP contribution is -2.26. The fourth-order valence-corrected chi connectivity index (χ4v) is 11.9. The number of hydrogen-bond donors (Lipinski definition) is 2. The Morgan fingerprint density at radius 1 is 0.309 bits per heavy atom. The summed E-state index contributed by atoms with van der Waals surface area (Å²) >= 11 is 3.45. The molecule has 2 nitrogen and oxygen atoms in total. The van der Waals surface area contributed by atoms with Crippen LogP contribution in [0.2, 0.25) is 0 Å². The first-order valence-corrected chi connectivity index (χ1v) is 25.3. The molecule has 0 saturated carbocycles. The molecule has 0 atom stereocenters. The SMILES string of the molecule is CC(c1ccccc1)(c1cc(-c2ccc3ccccc3c2)c(SCCO)c(-c2ccc3ccccc3c2)c1)c1cc(-c2ccc3ccccc3c2)c(SCCO)c(-c2ccc3ccccc3c2)c1. The Morgan fingerprint density at radius 3 is 0.882 bits per heavy atom. The van der Waals surface area contributed by atoms with Crippen LogP contribution in [0.4, 0.5) is 0 Å². The van der Waals surface area contributed by atoms with Crippen LogP contribution in [0.15, 0.2) is 234 Å². The Bertz CT molecular complexity index is 3220. The normalized spacial score (nSPS) is 11.8.